The number of hydrogen-bond donors (Lipinski definition) is 3. The minimum absolute atomic E-state index is 0.0127. The largest absolute Gasteiger partial charge is 0.479 e. The number of benzene rings is 1. The fourth-order valence-electron chi connectivity index (χ4n) is 1.17. The standard InChI is InChI=1S/C10H10ClFO4/c11-4-6-2-1-5(3-7(6)12)8(13)9(14)10(15)16/h1-3,8-9,13-14H,4H2,(H,15,16). The molecule has 3 N–H and O–H groups in total. The Morgan fingerprint density at radius 1 is 1.44 bits per heavy atom. The first kappa shape index (κ1) is 12.9. The Balaban J connectivity index is 2.97. The number of aliphatic hydroxyl groups excluding tert-OH is 2. The van der Waals surface area contributed by atoms with Crippen molar-refractivity contribution in [3.63, 3.8) is 0 Å². The number of rotatable bonds is 4. The molecule has 0 radical (unpaired) electrons. The van der Waals surface area contributed by atoms with Gasteiger partial charge in [-0.1, -0.05) is 12.1 Å². The van der Waals surface area contributed by atoms with Gasteiger partial charge >= 0.3 is 5.97 Å². The molecule has 2 atom stereocenters. The van der Waals surface area contributed by atoms with Gasteiger partial charge in [-0.15, -0.1) is 11.6 Å². The van der Waals surface area contributed by atoms with Crippen LogP contribution in [0.15, 0.2) is 18.2 Å². The molecule has 0 aliphatic heterocycles. The predicted octanol–water partition coefficient (Wildman–Crippen LogP) is 1.04. The van der Waals surface area contributed by atoms with Gasteiger partial charge in [0.15, 0.2) is 6.10 Å². The van der Waals surface area contributed by atoms with Crippen LogP contribution in [-0.2, 0) is 10.7 Å². The molecular weight excluding hydrogens is 239 g/mol. The summed E-state index contributed by atoms with van der Waals surface area (Å²) in [5, 5.41) is 26.9. The smallest absolute Gasteiger partial charge is 0.335 e. The molecular formula is C10H10ClFO4. The van der Waals surface area contributed by atoms with Crippen LogP contribution in [0.4, 0.5) is 4.39 Å². The van der Waals surface area contributed by atoms with Gasteiger partial charge in [0.25, 0.3) is 0 Å². The molecule has 16 heavy (non-hydrogen) atoms. The molecule has 0 heterocycles. The number of aliphatic carboxylic acids is 1. The highest BCUT2D eigenvalue weighted by molar-refractivity contribution is 6.17. The van der Waals surface area contributed by atoms with Crippen molar-refractivity contribution in [3.05, 3.63) is 35.1 Å². The molecule has 0 amide bonds. The van der Waals surface area contributed by atoms with Crippen molar-refractivity contribution >= 4 is 17.6 Å². The molecule has 88 valence electrons. The zero-order valence-corrected chi connectivity index (χ0v) is 8.86. The fourth-order valence-corrected chi connectivity index (χ4v) is 1.39. The van der Waals surface area contributed by atoms with Gasteiger partial charge < -0.3 is 15.3 Å². The third kappa shape index (κ3) is 2.69. The lowest BCUT2D eigenvalue weighted by Gasteiger charge is -2.14. The van der Waals surface area contributed by atoms with Crippen molar-refractivity contribution in [1.29, 1.82) is 0 Å². The van der Waals surface area contributed by atoms with E-state index in [0.717, 1.165) is 6.07 Å². The van der Waals surface area contributed by atoms with Gasteiger partial charge in [0.2, 0.25) is 0 Å². The monoisotopic (exact) mass is 248 g/mol. The number of halogens is 2. The minimum Gasteiger partial charge on any atom is -0.479 e. The molecule has 0 aliphatic rings. The molecule has 0 bridgehead atoms. The quantitative estimate of drug-likeness (QED) is 0.696. The van der Waals surface area contributed by atoms with E-state index in [-0.39, 0.29) is 17.0 Å². The molecule has 6 heteroatoms. The normalized spacial score (nSPS) is 14.5. The van der Waals surface area contributed by atoms with E-state index in [1.165, 1.54) is 12.1 Å². The number of carboxylic acid groups (broad SMARTS) is 1. The van der Waals surface area contributed by atoms with E-state index < -0.39 is 24.0 Å². The topological polar surface area (TPSA) is 77.8 Å². The molecule has 1 aromatic carbocycles. The number of carboxylic acids is 1. The third-order valence-electron chi connectivity index (χ3n) is 2.11. The Hall–Kier alpha value is -1.17. The van der Waals surface area contributed by atoms with Gasteiger partial charge in [0.05, 0.1) is 5.88 Å². The summed E-state index contributed by atoms with van der Waals surface area (Å²) in [6.07, 6.45) is -3.65. The van der Waals surface area contributed by atoms with Crippen molar-refractivity contribution < 1.29 is 24.5 Å². The van der Waals surface area contributed by atoms with Crippen LogP contribution >= 0.6 is 11.6 Å². The number of carbonyl (C=O) groups is 1. The molecule has 1 aromatic rings. The highest BCUT2D eigenvalue weighted by atomic mass is 35.5. The van der Waals surface area contributed by atoms with Crippen molar-refractivity contribution in [2.45, 2.75) is 18.1 Å². The number of alkyl halides is 1. The lowest BCUT2D eigenvalue weighted by Crippen LogP contribution is -2.27. The van der Waals surface area contributed by atoms with Crippen LogP contribution in [-0.4, -0.2) is 27.4 Å². The molecule has 0 aliphatic carbocycles. The molecule has 4 nitrogen and oxygen atoms in total. The Bertz CT molecular complexity index is 396. The summed E-state index contributed by atoms with van der Waals surface area (Å²) in [6, 6.07) is 3.60. The Morgan fingerprint density at radius 3 is 2.50 bits per heavy atom. The van der Waals surface area contributed by atoms with Gasteiger partial charge in [-0.3, -0.25) is 0 Å². The van der Waals surface area contributed by atoms with Crippen LogP contribution in [0.2, 0.25) is 0 Å². The molecule has 0 spiro atoms. The lowest BCUT2D eigenvalue weighted by molar-refractivity contribution is -0.153. The molecule has 1 rings (SSSR count). The first-order chi connectivity index (χ1) is 7.47. The summed E-state index contributed by atoms with van der Waals surface area (Å²) in [7, 11) is 0. The maximum absolute atomic E-state index is 13.3. The molecule has 0 aromatic heterocycles. The van der Waals surface area contributed by atoms with Crippen molar-refractivity contribution in [2.24, 2.45) is 0 Å². The summed E-state index contributed by atoms with van der Waals surface area (Å²) in [5.41, 5.74) is 0.226. The van der Waals surface area contributed by atoms with E-state index in [1.54, 1.807) is 0 Å². The second-order valence-corrected chi connectivity index (χ2v) is 3.48. The summed E-state index contributed by atoms with van der Waals surface area (Å²) in [4.78, 5) is 10.4. The van der Waals surface area contributed by atoms with E-state index in [9.17, 15) is 14.3 Å². The summed E-state index contributed by atoms with van der Waals surface area (Å²) >= 11 is 5.43. The van der Waals surface area contributed by atoms with Gasteiger partial charge in [0, 0.05) is 5.56 Å². The SMILES string of the molecule is O=C(O)C(O)C(O)c1ccc(CCl)c(F)c1. The molecule has 0 fully saturated rings. The second kappa shape index (κ2) is 5.25. The van der Waals surface area contributed by atoms with Gasteiger partial charge in [-0.05, 0) is 11.6 Å². The zero-order valence-electron chi connectivity index (χ0n) is 8.10. The van der Waals surface area contributed by atoms with Crippen molar-refractivity contribution in [2.75, 3.05) is 0 Å². The van der Waals surface area contributed by atoms with Gasteiger partial charge in [-0.2, -0.15) is 0 Å². The fraction of sp³-hybridized carbons (Fsp3) is 0.300. The van der Waals surface area contributed by atoms with Crippen LogP contribution in [0, 0.1) is 5.82 Å². The van der Waals surface area contributed by atoms with Gasteiger partial charge in [0.1, 0.15) is 11.9 Å². The van der Waals surface area contributed by atoms with Crippen molar-refractivity contribution in [1.82, 2.24) is 0 Å². The van der Waals surface area contributed by atoms with Crippen LogP contribution < -0.4 is 0 Å². The van der Waals surface area contributed by atoms with Crippen LogP contribution in [0.1, 0.15) is 17.2 Å². The summed E-state index contributed by atoms with van der Waals surface area (Å²) in [5.74, 6) is -2.25. The van der Waals surface area contributed by atoms with E-state index in [4.69, 9.17) is 21.8 Å². The minimum atomic E-state index is -1.98. The van der Waals surface area contributed by atoms with Crippen LogP contribution in [0.25, 0.3) is 0 Å². The van der Waals surface area contributed by atoms with E-state index in [1.807, 2.05) is 0 Å². The van der Waals surface area contributed by atoms with E-state index in [2.05, 4.69) is 0 Å². The maximum atomic E-state index is 13.3. The van der Waals surface area contributed by atoms with E-state index >= 15 is 0 Å². The highest BCUT2D eigenvalue weighted by Gasteiger charge is 2.25. The summed E-state index contributed by atoms with van der Waals surface area (Å²) in [6.45, 7) is 0. The summed E-state index contributed by atoms with van der Waals surface area (Å²) < 4.78 is 13.3. The first-order valence-electron chi connectivity index (χ1n) is 4.40. The third-order valence-corrected chi connectivity index (χ3v) is 2.40. The Morgan fingerprint density at radius 2 is 2.06 bits per heavy atom. The average molecular weight is 249 g/mol. The maximum Gasteiger partial charge on any atom is 0.335 e. The lowest BCUT2D eigenvalue weighted by atomic mass is 10.0. The predicted molar refractivity (Wildman–Crippen MR) is 54.6 cm³/mol. The van der Waals surface area contributed by atoms with Crippen molar-refractivity contribution in [3.8, 4) is 0 Å². The second-order valence-electron chi connectivity index (χ2n) is 3.21. The first-order valence-corrected chi connectivity index (χ1v) is 4.94. The van der Waals surface area contributed by atoms with E-state index in [0.29, 0.717) is 0 Å². The van der Waals surface area contributed by atoms with Crippen LogP contribution in [0.3, 0.4) is 0 Å². The van der Waals surface area contributed by atoms with Gasteiger partial charge in [-0.25, -0.2) is 9.18 Å². The highest BCUT2D eigenvalue weighted by Crippen LogP contribution is 2.20. The Labute approximate surface area is 95.9 Å². The number of hydrogen-bond acceptors (Lipinski definition) is 3. The molecule has 0 saturated heterocycles. The molecule has 0 saturated carbocycles. The van der Waals surface area contributed by atoms with Crippen LogP contribution in [0.5, 0.6) is 0 Å². The number of aliphatic hydroxyl groups is 2. The average Bonchev–Trinajstić information content (AvgIpc) is 2.26. The molecule has 2 unspecified atom stereocenters. The Kier molecular flexibility index (Phi) is 4.23. The zero-order chi connectivity index (χ0) is 12.3.